The second-order valence-corrected chi connectivity index (χ2v) is 10.2. The Bertz CT molecular complexity index is 710. The van der Waals surface area contributed by atoms with Gasteiger partial charge < -0.3 is 72.4 Å². The van der Waals surface area contributed by atoms with E-state index in [2.05, 4.69) is 5.32 Å². The first-order valence-corrected chi connectivity index (χ1v) is 12.2. The molecule has 16 atom stereocenters. The number of likely N-dealkylation sites (N-methyl/N-ethyl adjacent to an activating group) is 1. The van der Waals surface area contributed by atoms with Crippen LogP contribution in [0.3, 0.4) is 0 Å². The van der Waals surface area contributed by atoms with E-state index in [1.165, 1.54) is 0 Å². The fourth-order valence-corrected chi connectivity index (χ4v) is 5.33. The van der Waals surface area contributed by atoms with Crippen LogP contribution < -0.4 is 28.3 Å². The summed E-state index contributed by atoms with van der Waals surface area (Å²) >= 11 is 0. The maximum absolute atomic E-state index is 11.1. The largest absolute Gasteiger partial charge is 0.389 e. The van der Waals surface area contributed by atoms with Crippen molar-refractivity contribution in [3.05, 3.63) is 0 Å². The summed E-state index contributed by atoms with van der Waals surface area (Å²) in [5.74, 6) is 0. The van der Waals surface area contributed by atoms with Crippen LogP contribution >= 0.6 is 0 Å². The number of ether oxygens (including phenoxy) is 5. The molecule has 35 heavy (non-hydrogen) atoms. The molecule has 3 saturated heterocycles. The Kier molecular flexibility index (Phi) is 8.67. The standard InChI is InChI=1S/C21H41N5O9/c1-6-7(22)4-11(27)20(31-6)35-21-13(26-2)15(29)18-12(32-21)5-10(25)19(34-18)33-17-9(24)3-8(23)14(28)16(17)30/h6-21,26-30H,3-5,22-25H2,1-2H3/t6?,7-,8+,9?,10?,11?,12-,13?,14?,15?,16?,17+,18?,19-,20+,21?/m0/s1. The number of nitrogens with one attached hydrogen (secondary N) is 1. The van der Waals surface area contributed by atoms with E-state index in [4.69, 9.17) is 46.6 Å². The Labute approximate surface area is 204 Å². The number of rotatable bonds is 5. The highest BCUT2D eigenvalue weighted by Crippen LogP contribution is 2.35. The van der Waals surface area contributed by atoms with Crippen molar-refractivity contribution in [3.63, 3.8) is 0 Å². The van der Waals surface area contributed by atoms with E-state index >= 15 is 0 Å². The number of nitrogens with two attached hydrogens (primary N) is 4. The van der Waals surface area contributed by atoms with Gasteiger partial charge in [0.1, 0.15) is 30.5 Å². The van der Waals surface area contributed by atoms with Crippen molar-refractivity contribution in [3.8, 4) is 0 Å². The summed E-state index contributed by atoms with van der Waals surface area (Å²) in [4.78, 5) is 0. The summed E-state index contributed by atoms with van der Waals surface area (Å²) in [6.45, 7) is 1.80. The SMILES string of the molecule is CNC1C(O[C@H]2OC(C)[C@@H](N)CC2O)O[C@H]2CC(N)[C@@H](O[C@@H]3C(N)C[C@@H](N)C(O)C3O)OC2C1O. The molecule has 4 rings (SSSR count). The van der Waals surface area contributed by atoms with E-state index < -0.39 is 85.8 Å². The van der Waals surface area contributed by atoms with Crippen LogP contribution in [0.1, 0.15) is 26.2 Å². The zero-order valence-electron chi connectivity index (χ0n) is 20.0. The summed E-state index contributed by atoms with van der Waals surface area (Å²) in [5, 5.41) is 45.0. The van der Waals surface area contributed by atoms with Crippen LogP contribution in [0.4, 0.5) is 0 Å². The minimum absolute atomic E-state index is 0.248. The average Bonchev–Trinajstić information content (AvgIpc) is 2.79. The van der Waals surface area contributed by atoms with Gasteiger partial charge in [0.15, 0.2) is 18.9 Å². The van der Waals surface area contributed by atoms with Gasteiger partial charge in [-0.25, -0.2) is 0 Å². The van der Waals surface area contributed by atoms with Crippen LogP contribution in [0.5, 0.6) is 0 Å². The van der Waals surface area contributed by atoms with E-state index in [1.807, 2.05) is 0 Å². The fourth-order valence-electron chi connectivity index (χ4n) is 5.33. The minimum Gasteiger partial charge on any atom is -0.389 e. The van der Waals surface area contributed by atoms with Crippen molar-refractivity contribution in [2.45, 2.75) is 124 Å². The van der Waals surface area contributed by atoms with Crippen LogP contribution in [-0.4, -0.2) is 125 Å². The number of aliphatic hydroxyl groups is 4. The van der Waals surface area contributed by atoms with Gasteiger partial charge >= 0.3 is 0 Å². The molecule has 0 spiro atoms. The molecule has 0 bridgehead atoms. The van der Waals surface area contributed by atoms with E-state index in [0.29, 0.717) is 6.42 Å². The lowest BCUT2D eigenvalue weighted by molar-refractivity contribution is -0.366. The molecule has 4 aliphatic rings. The number of hydrogen-bond acceptors (Lipinski definition) is 14. The van der Waals surface area contributed by atoms with Crippen molar-refractivity contribution in [2.75, 3.05) is 7.05 Å². The Morgan fingerprint density at radius 2 is 1.43 bits per heavy atom. The van der Waals surface area contributed by atoms with Gasteiger partial charge in [-0.1, -0.05) is 0 Å². The molecule has 1 aliphatic carbocycles. The van der Waals surface area contributed by atoms with Crippen molar-refractivity contribution < 1.29 is 44.1 Å². The lowest BCUT2D eigenvalue weighted by Crippen LogP contribution is -2.69. The van der Waals surface area contributed by atoms with Crippen molar-refractivity contribution in [2.24, 2.45) is 22.9 Å². The van der Waals surface area contributed by atoms with E-state index in [9.17, 15) is 20.4 Å². The third-order valence-electron chi connectivity index (χ3n) is 7.58. The highest BCUT2D eigenvalue weighted by molar-refractivity contribution is 5.01. The zero-order valence-corrected chi connectivity index (χ0v) is 20.0. The lowest BCUT2D eigenvalue weighted by atomic mass is 9.84. The van der Waals surface area contributed by atoms with Crippen LogP contribution in [0.15, 0.2) is 0 Å². The lowest BCUT2D eigenvalue weighted by Gasteiger charge is -2.51. The van der Waals surface area contributed by atoms with Crippen LogP contribution in [0, 0.1) is 0 Å². The normalized spacial score (nSPS) is 55.4. The molecule has 10 unspecified atom stereocenters. The molecule has 0 aromatic carbocycles. The molecule has 0 aromatic rings. The fraction of sp³-hybridized carbons (Fsp3) is 1.00. The molecule has 0 aromatic heterocycles. The van der Waals surface area contributed by atoms with Crippen molar-refractivity contribution in [1.82, 2.24) is 5.32 Å². The van der Waals surface area contributed by atoms with Gasteiger partial charge in [-0.3, -0.25) is 0 Å². The van der Waals surface area contributed by atoms with Crippen molar-refractivity contribution in [1.29, 1.82) is 0 Å². The quantitative estimate of drug-likeness (QED) is 0.169. The molecule has 3 heterocycles. The highest BCUT2D eigenvalue weighted by Gasteiger charge is 2.53. The molecule has 0 amide bonds. The van der Waals surface area contributed by atoms with E-state index in [-0.39, 0.29) is 25.0 Å². The molecule has 204 valence electrons. The van der Waals surface area contributed by atoms with Crippen LogP contribution in [0.2, 0.25) is 0 Å². The van der Waals surface area contributed by atoms with Gasteiger partial charge in [0.05, 0.1) is 30.4 Å². The first-order valence-electron chi connectivity index (χ1n) is 12.2. The minimum atomic E-state index is -1.31. The number of fused-ring (bicyclic) bond motifs is 1. The van der Waals surface area contributed by atoms with Crippen LogP contribution in [-0.2, 0) is 23.7 Å². The Morgan fingerprint density at radius 1 is 0.714 bits per heavy atom. The van der Waals surface area contributed by atoms with Crippen LogP contribution in [0.25, 0.3) is 0 Å². The molecule has 14 nitrogen and oxygen atoms in total. The van der Waals surface area contributed by atoms with Gasteiger partial charge in [-0.2, -0.15) is 0 Å². The predicted octanol–water partition coefficient (Wildman–Crippen LogP) is -4.89. The second kappa shape index (κ2) is 11.0. The van der Waals surface area contributed by atoms with Gasteiger partial charge in [0.25, 0.3) is 0 Å². The number of hydrogen-bond donors (Lipinski definition) is 9. The first kappa shape index (κ1) is 27.5. The summed E-state index contributed by atoms with van der Waals surface area (Å²) in [5.41, 5.74) is 24.2. The van der Waals surface area contributed by atoms with Gasteiger partial charge in [0.2, 0.25) is 0 Å². The predicted molar refractivity (Wildman–Crippen MR) is 120 cm³/mol. The molecule has 14 heteroatoms. The van der Waals surface area contributed by atoms with Gasteiger partial charge in [0, 0.05) is 18.1 Å². The monoisotopic (exact) mass is 507 g/mol. The zero-order chi connectivity index (χ0) is 25.6. The highest BCUT2D eigenvalue weighted by atomic mass is 16.8. The molecule has 13 N–H and O–H groups in total. The first-order chi connectivity index (χ1) is 16.5. The second-order valence-electron chi connectivity index (χ2n) is 10.2. The summed E-state index contributed by atoms with van der Waals surface area (Å²) in [6.07, 6.45) is -9.43. The van der Waals surface area contributed by atoms with Gasteiger partial charge in [-0.15, -0.1) is 0 Å². The van der Waals surface area contributed by atoms with E-state index in [1.54, 1.807) is 14.0 Å². The van der Waals surface area contributed by atoms with Gasteiger partial charge in [-0.05, 0) is 33.2 Å². The average molecular weight is 508 g/mol. The molecular formula is C21H41N5O9. The van der Waals surface area contributed by atoms with E-state index in [0.717, 1.165) is 0 Å². The van der Waals surface area contributed by atoms with Crippen molar-refractivity contribution >= 4 is 0 Å². The Morgan fingerprint density at radius 3 is 2.11 bits per heavy atom. The maximum Gasteiger partial charge on any atom is 0.186 e. The topological polar surface area (TPSA) is 243 Å². The number of aliphatic hydroxyl groups excluding tert-OH is 4. The molecular weight excluding hydrogens is 466 g/mol. The Hall–Kier alpha value is -0.560. The molecule has 0 radical (unpaired) electrons. The third-order valence-corrected chi connectivity index (χ3v) is 7.58. The molecule has 1 saturated carbocycles. The maximum atomic E-state index is 11.1. The summed E-state index contributed by atoms with van der Waals surface area (Å²) < 4.78 is 29.7. The molecule has 3 aliphatic heterocycles. The summed E-state index contributed by atoms with van der Waals surface area (Å²) in [7, 11) is 1.63. The smallest absolute Gasteiger partial charge is 0.186 e. The Balaban J connectivity index is 1.42. The third kappa shape index (κ3) is 5.51. The molecule has 4 fully saturated rings. The summed E-state index contributed by atoms with van der Waals surface area (Å²) in [6, 6.07) is -3.03.